The molecule has 1 aromatic carbocycles. The third-order valence-corrected chi connectivity index (χ3v) is 3.81. The van der Waals surface area contributed by atoms with E-state index in [0.29, 0.717) is 5.92 Å². The van der Waals surface area contributed by atoms with Crippen molar-refractivity contribution in [1.82, 2.24) is 0 Å². The first-order valence-electron chi connectivity index (χ1n) is 5.68. The molecule has 0 heterocycles. The van der Waals surface area contributed by atoms with Gasteiger partial charge in [0.25, 0.3) is 0 Å². The topological polar surface area (TPSA) is 20.2 Å². The van der Waals surface area contributed by atoms with Gasteiger partial charge in [0.2, 0.25) is 0 Å². The summed E-state index contributed by atoms with van der Waals surface area (Å²) in [6, 6.07) is 7.89. The van der Waals surface area contributed by atoms with Gasteiger partial charge in [-0.15, -0.1) is 0 Å². The van der Waals surface area contributed by atoms with Gasteiger partial charge < -0.3 is 5.11 Å². The number of benzene rings is 1. The van der Waals surface area contributed by atoms with Crippen molar-refractivity contribution in [2.24, 2.45) is 5.92 Å². The standard InChI is InChI=1S/C13H17ClO/c14-13-8-4-3-7-11(13)12(9-15)10-5-1-2-6-10/h3-4,7-8,10,12,15H,1-2,5-6,9H2. The first kappa shape index (κ1) is 11.0. The van der Waals surface area contributed by atoms with Crippen LogP contribution in [0.3, 0.4) is 0 Å². The van der Waals surface area contributed by atoms with Crippen LogP contribution in [0.25, 0.3) is 0 Å². The summed E-state index contributed by atoms with van der Waals surface area (Å²) < 4.78 is 0. The van der Waals surface area contributed by atoms with Gasteiger partial charge in [0.15, 0.2) is 0 Å². The second kappa shape index (κ2) is 5.00. The Morgan fingerprint density at radius 2 is 1.93 bits per heavy atom. The molecule has 1 aliphatic rings. The van der Waals surface area contributed by atoms with E-state index in [-0.39, 0.29) is 12.5 Å². The van der Waals surface area contributed by atoms with Gasteiger partial charge in [-0.05, 0) is 30.4 Å². The summed E-state index contributed by atoms with van der Waals surface area (Å²) in [5.74, 6) is 0.857. The molecule has 2 heteroatoms. The third kappa shape index (κ3) is 2.35. The number of rotatable bonds is 3. The van der Waals surface area contributed by atoms with Crippen LogP contribution in [-0.4, -0.2) is 11.7 Å². The average Bonchev–Trinajstić information content (AvgIpc) is 2.75. The van der Waals surface area contributed by atoms with Crippen LogP contribution < -0.4 is 0 Å². The molecule has 1 nitrogen and oxygen atoms in total. The van der Waals surface area contributed by atoms with Crippen molar-refractivity contribution in [3.8, 4) is 0 Å². The summed E-state index contributed by atoms with van der Waals surface area (Å²) in [6.45, 7) is 0.217. The maximum absolute atomic E-state index is 9.51. The highest BCUT2D eigenvalue weighted by Crippen LogP contribution is 2.39. The molecule has 0 radical (unpaired) electrons. The molecule has 0 aromatic heterocycles. The molecular weight excluding hydrogens is 208 g/mol. The van der Waals surface area contributed by atoms with Gasteiger partial charge in [0, 0.05) is 10.9 Å². The van der Waals surface area contributed by atoms with Crippen molar-refractivity contribution < 1.29 is 5.11 Å². The fourth-order valence-corrected chi connectivity index (χ4v) is 2.91. The third-order valence-electron chi connectivity index (χ3n) is 3.47. The van der Waals surface area contributed by atoms with E-state index in [1.807, 2.05) is 24.3 Å². The van der Waals surface area contributed by atoms with Gasteiger partial charge in [-0.3, -0.25) is 0 Å². The Balaban J connectivity index is 2.22. The molecule has 1 fully saturated rings. The summed E-state index contributed by atoms with van der Waals surface area (Å²) in [5.41, 5.74) is 1.12. The number of aliphatic hydroxyl groups is 1. The van der Waals surface area contributed by atoms with Crippen molar-refractivity contribution in [3.63, 3.8) is 0 Å². The lowest BCUT2D eigenvalue weighted by molar-refractivity contribution is 0.226. The summed E-state index contributed by atoms with van der Waals surface area (Å²) in [7, 11) is 0. The van der Waals surface area contributed by atoms with E-state index in [1.54, 1.807) is 0 Å². The fraction of sp³-hybridized carbons (Fsp3) is 0.538. The van der Waals surface area contributed by atoms with Gasteiger partial charge >= 0.3 is 0 Å². The van der Waals surface area contributed by atoms with Crippen LogP contribution in [0.1, 0.15) is 37.2 Å². The maximum atomic E-state index is 9.51. The van der Waals surface area contributed by atoms with Gasteiger partial charge in [-0.1, -0.05) is 42.6 Å². The quantitative estimate of drug-likeness (QED) is 0.832. The van der Waals surface area contributed by atoms with Crippen LogP contribution in [0.4, 0.5) is 0 Å². The van der Waals surface area contributed by atoms with E-state index in [2.05, 4.69) is 0 Å². The molecular formula is C13H17ClO. The predicted molar refractivity (Wildman–Crippen MR) is 63.2 cm³/mol. The minimum Gasteiger partial charge on any atom is -0.396 e. The molecule has 15 heavy (non-hydrogen) atoms. The zero-order chi connectivity index (χ0) is 10.7. The number of hydrogen-bond donors (Lipinski definition) is 1. The Kier molecular flexibility index (Phi) is 3.66. The Morgan fingerprint density at radius 3 is 2.53 bits per heavy atom. The molecule has 0 spiro atoms. The van der Waals surface area contributed by atoms with Crippen LogP contribution in [0, 0.1) is 5.92 Å². The fourth-order valence-electron chi connectivity index (χ4n) is 2.64. The molecule has 0 bridgehead atoms. The molecule has 1 atom stereocenters. The predicted octanol–water partition coefficient (Wildman–Crippen LogP) is 3.61. The van der Waals surface area contributed by atoms with Crippen molar-refractivity contribution in [3.05, 3.63) is 34.9 Å². The largest absolute Gasteiger partial charge is 0.396 e. The van der Waals surface area contributed by atoms with E-state index < -0.39 is 0 Å². The Labute approximate surface area is 96.1 Å². The number of hydrogen-bond acceptors (Lipinski definition) is 1. The van der Waals surface area contributed by atoms with Crippen molar-refractivity contribution in [2.45, 2.75) is 31.6 Å². The monoisotopic (exact) mass is 224 g/mol. The molecule has 0 amide bonds. The Hall–Kier alpha value is -0.530. The highest BCUT2D eigenvalue weighted by atomic mass is 35.5. The molecule has 1 saturated carbocycles. The van der Waals surface area contributed by atoms with Crippen LogP contribution in [-0.2, 0) is 0 Å². The molecule has 1 unspecified atom stereocenters. The second-order valence-electron chi connectivity index (χ2n) is 4.36. The molecule has 0 aliphatic heterocycles. The van der Waals surface area contributed by atoms with Gasteiger partial charge in [-0.25, -0.2) is 0 Å². The van der Waals surface area contributed by atoms with E-state index in [9.17, 15) is 5.11 Å². The summed E-state index contributed by atoms with van der Waals surface area (Å²) in [5, 5.41) is 10.3. The molecule has 82 valence electrons. The normalized spacial score (nSPS) is 19.3. The molecule has 1 aromatic rings. The average molecular weight is 225 g/mol. The maximum Gasteiger partial charge on any atom is 0.0502 e. The number of aliphatic hydroxyl groups excluding tert-OH is 1. The smallest absolute Gasteiger partial charge is 0.0502 e. The van der Waals surface area contributed by atoms with Gasteiger partial charge in [0.1, 0.15) is 0 Å². The Morgan fingerprint density at radius 1 is 1.27 bits per heavy atom. The molecule has 1 N–H and O–H groups in total. The number of halogens is 1. The highest BCUT2D eigenvalue weighted by molar-refractivity contribution is 6.31. The van der Waals surface area contributed by atoms with Crippen molar-refractivity contribution >= 4 is 11.6 Å². The van der Waals surface area contributed by atoms with Crippen molar-refractivity contribution in [1.29, 1.82) is 0 Å². The Bertz CT molecular complexity index is 318. The lowest BCUT2D eigenvalue weighted by atomic mass is 9.85. The molecule has 0 saturated heterocycles. The summed E-state index contributed by atoms with van der Waals surface area (Å²) in [6.07, 6.45) is 5.06. The van der Waals surface area contributed by atoms with Gasteiger partial charge in [0.05, 0.1) is 6.61 Å². The summed E-state index contributed by atoms with van der Waals surface area (Å²) >= 11 is 6.17. The van der Waals surface area contributed by atoms with Gasteiger partial charge in [-0.2, -0.15) is 0 Å². The SMILES string of the molecule is OCC(c1ccccc1Cl)C1CCCC1. The van der Waals surface area contributed by atoms with Crippen LogP contribution >= 0.6 is 11.6 Å². The van der Waals surface area contributed by atoms with Crippen molar-refractivity contribution in [2.75, 3.05) is 6.61 Å². The van der Waals surface area contributed by atoms with E-state index >= 15 is 0 Å². The minimum absolute atomic E-state index is 0.217. The highest BCUT2D eigenvalue weighted by Gasteiger charge is 2.26. The van der Waals surface area contributed by atoms with Crippen LogP contribution in [0.15, 0.2) is 24.3 Å². The summed E-state index contributed by atoms with van der Waals surface area (Å²) in [4.78, 5) is 0. The molecule has 2 rings (SSSR count). The van der Waals surface area contributed by atoms with E-state index in [0.717, 1.165) is 10.6 Å². The zero-order valence-electron chi connectivity index (χ0n) is 8.82. The van der Waals surface area contributed by atoms with Crippen LogP contribution in [0.2, 0.25) is 5.02 Å². The lowest BCUT2D eigenvalue weighted by Gasteiger charge is -2.22. The first-order valence-corrected chi connectivity index (χ1v) is 6.06. The molecule has 1 aliphatic carbocycles. The lowest BCUT2D eigenvalue weighted by Crippen LogP contribution is -2.14. The van der Waals surface area contributed by atoms with Crippen LogP contribution in [0.5, 0.6) is 0 Å². The second-order valence-corrected chi connectivity index (χ2v) is 4.76. The first-order chi connectivity index (χ1) is 7.33. The minimum atomic E-state index is 0.217. The zero-order valence-corrected chi connectivity index (χ0v) is 9.58. The van der Waals surface area contributed by atoms with E-state index in [4.69, 9.17) is 11.6 Å². The van der Waals surface area contributed by atoms with E-state index in [1.165, 1.54) is 25.7 Å².